The first kappa shape index (κ1) is 23.4. The molecule has 0 saturated carbocycles. The lowest BCUT2D eigenvalue weighted by Gasteiger charge is -2.19. The van der Waals surface area contributed by atoms with E-state index in [2.05, 4.69) is 22.5 Å². The number of anilines is 1. The number of nitrogens with one attached hydrogen (secondary N) is 2. The van der Waals surface area contributed by atoms with Crippen molar-refractivity contribution in [2.24, 2.45) is 0 Å². The summed E-state index contributed by atoms with van der Waals surface area (Å²) in [6, 6.07) is 11.6. The van der Waals surface area contributed by atoms with Gasteiger partial charge in [0, 0.05) is 11.6 Å². The van der Waals surface area contributed by atoms with Gasteiger partial charge in [-0.2, -0.15) is 11.8 Å². The number of benzene rings is 2. The zero-order valence-electron chi connectivity index (χ0n) is 17.3. The molecule has 0 fully saturated rings. The van der Waals surface area contributed by atoms with Gasteiger partial charge in [-0.1, -0.05) is 42.3 Å². The molecule has 0 aliphatic carbocycles. The minimum atomic E-state index is -0.735. The fourth-order valence-electron chi connectivity index (χ4n) is 3.23. The van der Waals surface area contributed by atoms with E-state index < -0.39 is 11.9 Å². The molecule has 0 bridgehead atoms. The number of hydrogen-bond donors (Lipinski definition) is 2. The van der Waals surface area contributed by atoms with Crippen molar-refractivity contribution < 1.29 is 9.59 Å². The van der Waals surface area contributed by atoms with Gasteiger partial charge in [-0.05, 0) is 55.2 Å². The maximum Gasteiger partial charge on any atom is 0.253 e. The Morgan fingerprint density at radius 2 is 1.97 bits per heavy atom. The molecule has 2 amide bonds. The molecule has 9 heteroatoms. The van der Waals surface area contributed by atoms with Gasteiger partial charge in [0.2, 0.25) is 11.9 Å². The highest BCUT2D eigenvalue weighted by Gasteiger charge is 2.24. The van der Waals surface area contributed by atoms with Gasteiger partial charge in [-0.3, -0.25) is 14.9 Å². The number of fused-ring (bicyclic) bond motifs is 1. The molecule has 0 spiro atoms. The van der Waals surface area contributed by atoms with Crippen LogP contribution in [-0.4, -0.2) is 39.4 Å². The number of para-hydroxylation sites is 2. The number of aryl methyl sites for hydroxylation is 1. The number of imidazole rings is 1. The van der Waals surface area contributed by atoms with Crippen LogP contribution in [0.2, 0.25) is 10.0 Å². The molecule has 1 heterocycles. The van der Waals surface area contributed by atoms with Crippen LogP contribution in [0.25, 0.3) is 11.0 Å². The van der Waals surface area contributed by atoms with E-state index >= 15 is 0 Å². The second-order valence-electron chi connectivity index (χ2n) is 7.00. The molecule has 0 aliphatic heterocycles. The van der Waals surface area contributed by atoms with E-state index in [-0.39, 0.29) is 16.5 Å². The number of thioether (sulfide) groups is 1. The first-order valence-corrected chi connectivity index (χ1v) is 12.1. The Bertz CT molecular complexity index is 1090. The minimum absolute atomic E-state index is 0.235. The Morgan fingerprint density at radius 1 is 1.19 bits per heavy atom. The summed E-state index contributed by atoms with van der Waals surface area (Å²) in [5, 5.41) is 6.39. The summed E-state index contributed by atoms with van der Waals surface area (Å²) >= 11 is 13.7. The van der Waals surface area contributed by atoms with E-state index in [1.165, 1.54) is 6.07 Å². The zero-order chi connectivity index (χ0) is 22.4. The number of carbonyl (C=O) groups excluding carboxylic acids is 2. The zero-order valence-corrected chi connectivity index (χ0v) is 19.7. The van der Waals surface area contributed by atoms with Crippen molar-refractivity contribution in [3.63, 3.8) is 0 Å². The van der Waals surface area contributed by atoms with Crippen LogP contribution in [0.4, 0.5) is 5.95 Å². The van der Waals surface area contributed by atoms with Gasteiger partial charge < -0.3 is 9.88 Å². The van der Waals surface area contributed by atoms with Crippen molar-refractivity contribution in [3.8, 4) is 0 Å². The van der Waals surface area contributed by atoms with E-state index in [0.717, 1.165) is 24.0 Å². The molecule has 3 rings (SSSR count). The molecule has 0 saturated heterocycles. The van der Waals surface area contributed by atoms with Gasteiger partial charge in [0.15, 0.2) is 0 Å². The lowest BCUT2D eigenvalue weighted by Crippen LogP contribution is -2.44. The molecular formula is C22H24Cl2N4O2S. The van der Waals surface area contributed by atoms with Crippen LogP contribution in [0.15, 0.2) is 42.5 Å². The van der Waals surface area contributed by atoms with Crippen molar-refractivity contribution >= 4 is 63.8 Å². The molecule has 0 radical (unpaired) electrons. The number of hydrogen-bond acceptors (Lipinski definition) is 4. The molecule has 164 valence electrons. The van der Waals surface area contributed by atoms with Crippen LogP contribution in [0.3, 0.4) is 0 Å². The first-order chi connectivity index (χ1) is 14.9. The fraction of sp³-hybridized carbons (Fsp3) is 0.318. The summed E-state index contributed by atoms with van der Waals surface area (Å²) in [5.74, 6) is 0.434. The molecular weight excluding hydrogens is 455 g/mol. The maximum absolute atomic E-state index is 13.1. The molecule has 1 aromatic heterocycles. The summed E-state index contributed by atoms with van der Waals surface area (Å²) in [4.78, 5) is 30.5. The number of rotatable bonds is 9. The van der Waals surface area contributed by atoms with E-state index in [9.17, 15) is 9.59 Å². The highest BCUT2D eigenvalue weighted by molar-refractivity contribution is 7.98. The third kappa shape index (κ3) is 5.73. The molecule has 2 aromatic carbocycles. The van der Waals surface area contributed by atoms with E-state index in [1.54, 1.807) is 23.9 Å². The van der Waals surface area contributed by atoms with Crippen molar-refractivity contribution in [2.45, 2.75) is 32.4 Å². The van der Waals surface area contributed by atoms with E-state index in [4.69, 9.17) is 23.2 Å². The van der Waals surface area contributed by atoms with Crippen LogP contribution < -0.4 is 10.6 Å². The Balaban J connectivity index is 1.82. The molecule has 0 aliphatic rings. The summed E-state index contributed by atoms with van der Waals surface area (Å²) in [6.07, 6.45) is 3.32. The van der Waals surface area contributed by atoms with Crippen molar-refractivity contribution in [1.29, 1.82) is 0 Å². The van der Waals surface area contributed by atoms with E-state index in [1.807, 2.05) is 35.1 Å². The SMILES string of the molecule is CCCn1c(NC(=O)[C@@H](CCSC)NC(=O)c2ccc(Cl)cc2Cl)nc2ccccc21. The normalized spacial score (nSPS) is 12.0. The van der Waals surface area contributed by atoms with Crippen LogP contribution in [0, 0.1) is 0 Å². The second-order valence-corrected chi connectivity index (χ2v) is 8.83. The Kier molecular flexibility index (Phi) is 8.23. The molecule has 6 nitrogen and oxygen atoms in total. The van der Waals surface area contributed by atoms with Gasteiger partial charge >= 0.3 is 0 Å². The number of carbonyl (C=O) groups is 2. The predicted octanol–water partition coefficient (Wildman–Crippen LogP) is 5.24. The van der Waals surface area contributed by atoms with Crippen LogP contribution in [0.1, 0.15) is 30.1 Å². The number of nitrogens with zero attached hydrogens (tertiary/aromatic N) is 2. The molecule has 2 N–H and O–H groups in total. The quantitative estimate of drug-likeness (QED) is 0.440. The summed E-state index contributed by atoms with van der Waals surface area (Å²) < 4.78 is 1.98. The van der Waals surface area contributed by atoms with Crippen molar-refractivity contribution in [3.05, 3.63) is 58.1 Å². The number of amides is 2. The smallest absolute Gasteiger partial charge is 0.253 e. The third-order valence-electron chi connectivity index (χ3n) is 4.74. The lowest BCUT2D eigenvalue weighted by atomic mass is 10.1. The van der Waals surface area contributed by atoms with Crippen molar-refractivity contribution in [2.75, 3.05) is 17.3 Å². The van der Waals surface area contributed by atoms with Gasteiger partial charge in [0.25, 0.3) is 5.91 Å². The third-order valence-corrected chi connectivity index (χ3v) is 5.94. The number of halogens is 2. The van der Waals surface area contributed by atoms with Gasteiger partial charge in [0.1, 0.15) is 6.04 Å². The average molecular weight is 479 g/mol. The fourth-order valence-corrected chi connectivity index (χ4v) is 4.20. The summed E-state index contributed by atoms with van der Waals surface area (Å²) in [6.45, 7) is 2.79. The van der Waals surface area contributed by atoms with Crippen LogP contribution in [-0.2, 0) is 11.3 Å². The molecule has 3 aromatic rings. The Labute approximate surface area is 195 Å². The molecule has 31 heavy (non-hydrogen) atoms. The summed E-state index contributed by atoms with van der Waals surface area (Å²) in [5.41, 5.74) is 2.03. The van der Waals surface area contributed by atoms with Crippen molar-refractivity contribution in [1.82, 2.24) is 14.9 Å². The Hall–Kier alpha value is -2.22. The van der Waals surface area contributed by atoms with Gasteiger partial charge in [0.05, 0.1) is 21.6 Å². The first-order valence-electron chi connectivity index (χ1n) is 9.95. The minimum Gasteiger partial charge on any atom is -0.340 e. The molecule has 1 atom stereocenters. The van der Waals surface area contributed by atoms with Gasteiger partial charge in [-0.25, -0.2) is 4.98 Å². The Morgan fingerprint density at radius 3 is 2.68 bits per heavy atom. The maximum atomic E-state index is 13.1. The highest BCUT2D eigenvalue weighted by Crippen LogP contribution is 2.22. The predicted molar refractivity (Wildman–Crippen MR) is 129 cm³/mol. The standard InChI is InChI=1S/C22H24Cl2N4O2S/c1-3-11-28-19-7-5-4-6-17(19)26-22(28)27-21(30)18(10-12-31-2)25-20(29)15-9-8-14(23)13-16(15)24/h4-9,13,18H,3,10-12H2,1-2H3,(H,25,29)(H,26,27,30)/t18-/m1/s1. The van der Waals surface area contributed by atoms with E-state index in [0.29, 0.717) is 23.1 Å². The highest BCUT2D eigenvalue weighted by atomic mass is 35.5. The van der Waals surface area contributed by atoms with Gasteiger partial charge in [-0.15, -0.1) is 0 Å². The largest absolute Gasteiger partial charge is 0.340 e. The average Bonchev–Trinajstić information content (AvgIpc) is 3.08. The molecule has 0 unspecified atom stereocenters. The van der Waals surface area contributed by atoms with Crippen LogP contribution in [0.5, 0.6) is 0 Å². The second kappa shape index (κ2) is 10.9. The monoisotopic (exact) mass is 478 g/mol. The topological polar surface area (TPSA) is 76.0 Å². The number of aromatic nitrogens is 2. The summed E-state index contributed by atoms with van der Waals surface area (Å²) in [7, 11) is 0. The lowest BCUT2D eigenvalue weighted by molar-refractivity contribution is -0.118. The van der Waals surface area contributed by atoms with Crippen LogP contribution >= 0.6 is 35.0 Å².